The van der Waals surface area contributed by atoms with Crippen molar-refractivity contribution in [3.05, 3.63) is 71.3 Å². The molecule has 0 spiro atoms. The Morgan fingerprint density at radius 1 is 0.865 bits per heavy atom. The van der Waals surface area contributed by atoms with Crippen LogP contribution in [-0.4, -0.2) is 76.7 Å². The number of halogens is 2. The normalized spacial score (nSPS) is 14.4. The Bertz CT molecular complexity index is 978. The summed E-state index contributed by atoms with van der Waals surface area (Å²) in [5, 5.41) is 26.7. The number of hydrogen-bond acceptors (Lipinski definition) is 5. The average Bonchev–Trinajstić information content (AvgIpc) is 2.87. The molecule has 3 N–H and O–H groups in total. The van der Waals surface area contributed by atoms with Crippen molar-refractivity contribution >= 4 is 17.8 Å². The van der Waals surface area contributed by atoms with Crippen LogP contribution in [0.5, 0.6) is 0 Å². The molecular formula is C27H34F2N2O6. The maximum absolute atomic E-state index is 13.5. The van der Waals surface area contributed by atoms with E-state index in [0.717, 1.165) is 45.3 Å². The van der Waals surface area contributed by atoms with E-state index >= 15 is 0 Å². The molecule has 1 amide bonds. The largest absolute Gasteiger partial charge is 0.473 e. The van der Waals surface area contributed by atoms with E-state index in [4.69, 9.17) is 19.8 Å². The first kappa shape index (κ1) is 29.9. The molecule has 0 unspecified atom stereocenters. The number of carbonyl (C=O) groups excluding carboxylic acids is 1. The van der Waals surface area contributed by atoms with Gasteiger partial charge < -0.3 is 25.1 Å². The number of likely N-dealkylation sites (tertiary alicyclic amines) is 1. The van der Waals surface area contributed by atoms with Gasteiger partial charge in [0.05, 0.1) is 0 Å². The molecule has 202 valence electrons. The molecule has 2 aromatic carbocycles. The van der Waals surface area contributed by atoms with Gasteiger partial charge in [-0.25, -0.2) is 18.4 Å². The molecule has 37 heavy (non-hydrogen) atoms. The van der Waals surface area contributed by atoms with E-state index in [1.54, 1.807) is 43.3 Å². The first-order chi connectivity index (χ1) is 17.4. The van der Waals surface area contributed by atoms with Gasteiger partial charge in [-0.2, -0.15) is 0 Å². The predicted molar refractivity (Wildman–Crippen MR) is 133 cm³/mol. The first-order valence-electron chi connectivity index (χ1n) is 12.1. The van der Waals surface area contributed by atoms with E-state index in [2.05, 4.69) is 4.90 Å². The molecule has 2 aromatic rings. The third-order valence-electron chi connectivity index (χ3n) is 6.54. The maximum Gasteiger partial charge on any atom is 0.414 e. The van der Waals surface area contributed by atoms with Crippen LogP contribution in [0.2, 0.25) is 0 Å². The summed E-state index contributed by atoms with van der Waals surface area (Å²) >= 11 is 0. The van der Waals surface area contributed by atoms with Crippen molar-refractivity contribution in [3.8, 4) is 0 Å². The number of hydrogen-bond donors (Lipinski definition) is 3. The second kappa shape index (κ2) is 13.8. The van der Waals surface area contributed by atoms with Crippen molar-refractivity contribution in [2.75, 3.05) is 33.7 Å². The SMILES string of the molecule is CN(C)C(=O)CCCCN1CCC(C(O)(c2ccc(F)cc2)c2ccc(F)cc2)CC1.O=C(O)C(=O)O. The monoisotopic (exact) mass is 520 g/mol. The van der Waals surface area contributed by atoms with Gasteiger partial charge in [0.1, 0.15) is 17.2 Å². The van der Waals surface area contributed by atoms with Gasteiger partial charge in [-0.1, -0.05) is 24.3 Å². The third-order valence-corrected chi connectivity index (χ3v) is 6.54. The van der Waals surface area contributed by atoms with Gasteiger partial charge in [-0.3, -0.25) is 4.79 Å². The highest BCUT2D eigenvalue weighted by molar-refractivity contribution is 6.27. The van der Waals surface area contributed by atoms with E-state index in [1.807, 2.05) is 0 Å². The fourth-order valence-corrected chi connectivity index (χ4v) is 4.46. The van der Waals surface area contributed by atoms with Gasteiger partial charge in [-0.05, 0) is 86.6 Å². The Labute approximate surface area is 215 Å². The topological polar surface area (TPSA) is 118 Å². The van der Waals surface area contributed by atoms with Gasteiger partial charge in [0.25, 0.3) is 0 Å². The summed E-state index contributed by atoms with van der Waals surface area (Å²) in [5.41, 5.74) is -0.0478. The highest BCUT2D eigenvalue weighted by Crippen LogP contribution is 2.42. The Morgan fingerprint density at radius 2 is 1.30 bits per heavy atom. The standard InChI is InChI=1S/C25H32F2N2O2.C2H2O4/c1-28(2)24(30)5-3-4-16-29-17-14-21(15-18-29)25(31,19-6-10-22(26)11-7-19)20-8-12-23(27)13-9-20;3-1(4)2(5)6/h6-13,21,31H,3-5,14-18H2,1-2H3;(H,3,4)(H,5,6). The van der Waals surface area contributed by atoms with Crippen LogP contribution in [-0.2, 0) is 20.0 Å². The number of amides is 1. The molecule has 1 aliphatic rings. The van der Waals surface area contributed by atoms with Crippen molar-refractivity contribution in [3.63, 3.8) is 0 Å². The fraction of sp³-hybridized carbons (Fsp3) is 0.444. The van der Waals surface area contributed by atoms with Crippen LogP contribution in [0.15, 0.2) is 48.5 Å². The number of nitrogens with zero attached hydrogens (tertiary/aromatic N) is 2. The summed E-state index contributed by atoms with van der Waals surface area (Å²) in [6.07, 6.45) is 3.96. The Morgan fingerprint density at radius 3 is 1.68 bits per heavy atom. The minimum Gasteiger partial charge on any atom is -0.473 e. The fourth-order valence-electron chi connectivity index (χ4n) is 4.46. The summed E-state index contributed by atoms with van der Waals surface area (Å²) in [7, 11) is 3.55. The van der Waals surface area contributed by atoms with Crippen LogP contribution >= 0.6 is 0 Å². The minimum absolute atomic E-state index is 0.0602. The molecule has 0 radical (unpaired) electrons. The molecule has 10 heteroatoms. The lowest BCUT2D eigenvalue weighted by Gasteiger charge is -2.42. The summed E-state index contributed by atoms with van der Waals surface area (Å²) < 4.78 is 27.0. The molecule has 0 aromatic heterocycles. The quantitative estimate of drug-likeness (QED) is 0.361. The second-order valence-corrected chi connectivity index (χ2v) is 9.25. The molecule has 1 aliphatic heterocycles. The summed E-state index contributed by atoms with van der Waals surface area (Å²) in [6.45, 7) is 2.62. The second-order valence-electron chi connectivity index (χ2n) is 9.25. The molecule has 0 saturated carbocycles. The van der Waals surface area contributed by atoms with Gasteiger partial charge >= 0.3 is 11.9 Å². The number of carboxylic acid groups (broad SMARTS) is 2. The minimum atomic E-state index is -1.82. The van der Waals surface area contributed by atoms with Crippen LogP contribution in [0.4, 0.5) is 8.78 Å². The Balaban J connectivity index is 0.000000717. The zero-order chi connectivity index (χ0) is 27.6. The summed E-state index contributed by atoms with van der Waals surface area (Å²) in [5.74, 6) is -4.26. The van der Waals surface area contributed by atoms with Gasteiger partial charge in [0, 0.05) is 20.5 Å². The van der Waals surface area contributed by atoms with Crippen LogP contribution in [0.25, 0.3) is 0 Å². The zero-order valence-corrected chi connectivity index (χ0v) is 21.1. The molecule has 1 heterocycles. The number of aliphatic carboxylic acids is 2. The molecule has 0 aliphatic carbocycles. The van der Waals surface area contributed by atoms with E-state index in [-0.39, 0.29) is 23.5 Å². The lowest BCUT2D eigenvalue weighted by Crippen LogP contribution is -2.44. The van der Waals surface area contributed by atoms with Crippen molar-refractivity contribution < 1.29 is 38.5 Å². The number of unbranched alkanes of at least 4 members (excludes halogenated alkanes) is 1. The van der Waals surface area contributed by atoms with Crippen LogP contribution < -0.4 is 0 Å². The van der Waals surface area contributed by atoms with E-state index in [9.17, 15) is 18.7 Å². The summed E-state index contributed by atoms with van der Waals surface area (Å²) in [4.78, 5) is 33.9. The van der Waals surface area contributed by atoms with Gasteiger partial charge in [0.15, 0.2) is 0 Å². The zero-order valence-electron chi connectivity index (χ0n) is 21.1. The van der Waals surface area contributed by atoms with Crippen molar-refractivity contribution in [1.29, 1.82) is 0 Å². The van der Waals surface area contributed by atoms with Crippen LogP contribution in [0.3, 0.4) is 0 Å². The molecule has 0 atom stereocenters. The molecule has 1 saturated heterocycles. The number of rotatable bonds is 8. The van der Waals surface area contributed by atoms with Gasteiger partial charge in [0.2, 0.25) is 5.91 Å². The molecule has 1 fully saturated rings. The van der Waals surface area contributed by atoms with Gasteiger partial charge in [-0.15, -0.1) is 0 Å². The summed E-state index contributed by atoms with van der Waals surface area (Å²) in [6, 6.07) is 11.9. The lowest BCUT2D eigenvalue weighted by atomic mass is 9.72. The molecule has 8 nitrogen and oxygen atoms in total. The van der Waals surface area contributed by atoms with Crippen molar-refractivity contribution in [2.24, 2.45) is 5.92 Å². The van der Waals surface area contributed by atoms with Crippen molar-refractivity contribution in [2.45, 2.75) is 37.7 Å². The highest BCUT2D eigenvalue weighted by Gasteiger charge is 2.41. The highest BCUT2D eigenvalue weighted by atomic mass is 19.1. The van der Waals surface area contributed by atoms with Crippen molar-refractivity contribution in [1.82, 2.24) is 9.80 Å². The van der Waals surface area contributed by atoms with Crippen LogP contribution in [0, 0.1) is 17.6 Å². The number of benzene rings is 2. The molecule has 0 bridgehead atoms. The number of carbonyl (C=O) groups is 3. The third kappa shape index (κ3) is 8.61. The number of carboxylic acids is 2. The van der Waals surface area contributed by atoms with E-state index in [0.29, 0.717) is 17.5 Å². The predicted octanol–water partition coefficient (Wildman–Crippen LogP) is 3.33. The number of piperidine rings is 1. The molecular weight excluding hydrogens is 486 g/mol. The first-order valence-corrected chi connectivity index (χ1v) is 12.1. The molecule has 3 rings (SSSR count). The lowest BCUT2D eigenvalue weighted by molar-refractivity contribution is -0.159. The van der Waals surface area contributed by atoms with Crippen LogP contribution in [0.1, 0.15) is 43.2 Å². The average molecular weight is 521 g/mol. The number of aliphatic hydroxyl groups is 1. The Kier molecular flexibility index (Phi) is 11.1. The Hall–Kier alpha value is -3.37. The maximum atomic E-state index is 13.5. The van der Waals surface area contributed by atoms with E-state index < -0.39 is 17.5 Å². The van der Waals surface area contributed by atoms with E-state index in [1.165, 1.54) is 24.3 Å². The smallest absolute Gasteiger partial charge is 0.414 e.